The number of pyridine rings is 1. The van der Waals surface area contributed by atoms with Crippen LogP contribution in [0.25, 0.3) is 38.9 Å². The van der Waals surface area contributed by atoms with Gasteiger partial charge in [0.25, 0.3) is 0 Å². The van der Waals surface area contributed by atoms with E-state index in [1.54, 1.807) is 11.4 Å². The number of benzene rings is 4. The van der Waals surface area contributed by atoms with Crippen LogP contribution >= 0.6 is 22.9 Å². The summed E-state index contributed by atoms with van der Waals surface area (Å²) in [6, 6.07) is 36.1. The Balaban J connectivity index is 0.00000486. The number of rotatable bonds is 14. The predicted octanol–water partition coefficient (Wildman–Crippen LogP) is 6.86. The molecule has 0 atom stereocenters. The molecule has 11 heteroatoms. The third-order valence-corrected chi connectivity index (χ3v) is 10.5. The van der Waals surface area contributed by atoms with Crippen LogP contribution < -0.4 is 39.0 Å². The molecule has 0 N–H and O–H groups in total. The monoisotopic (exact) mass is 730 g/mol. The van der Waals surface area contributed by atoms with E-state index in [1.807, 2.05) is 115 Å². The third-order valence-electron chi connectivity index (χ3n) is 7.55. The fraction of sp³-hybridized carbons (Fsp3) is 0.128. The molecule has 7 nitrogen and oxygen atoms in total. The Morgan fingerprint density at radius 1 is 0.820 bits per heavy atom. The number of thiophene rings is 1. The van der Waals surface area contributed by atoms with Gasteiger partial charge < -0.3 is 19.0 Å². The molecular formula is C39H32ClN2NaO5S2. The van der Waals surface area contributed by atoms with Crippen LogP contribution in [0.15, 0.2) is 125 Å². The van der Waals surface area contributed by atoms with E-state index in [4.69, 9.17) is 21.1 Å². The molecule has 2 heterocycles. The summed E-state index contributed by atoms with van der Waals surface area (Å²) in [4.78, 5) is 17.1. The molecule has 6 aromatic rings. The van der Waals surface area contributed by atoms with Gasteiger partial charge in [-0.05, 0) is 95.1 Å². The molecule has 0 fully saturated rings. The molecule has 0 bridgehead atoms. The number of amides is 1. The maximum atomic E-state index is 12.5. The number of aryl methyl sites for hydroxylation is 1. The van der Waals surface area contributed by atoms with Crippen LogP contribution in [0.5, 0.6) is 11.5 Å². The summed E-state index contributed by atoms with van der Waals surface area (Å²) in [5, 5.41) is 3.34. The van der Waals surface area contributed by atoms with E-state index in [2.05, 4.69) is 9.71 Å². The zero-order valence-electron chi connectivity index (χ0n) is 27.4. The zero-order valence-corrected chi connectivity index (χ0v) is 31.8. The van der Waals surface area contributed by atoms with Crippen molar-refractivity contribution in [1.29, 1.82) is 0 Å². The normalized spacial score (nSPS) is 11.3. The van der Waals surface area contributed by atoms with Crippen LogP contribution in [0.4, 0.5) is 0 Å². The van der Waals surface area contributed by atoms with Crippen molar-refractivity contribution in [3.8, 4) is 22.6 Å². The van der Waals surface area contributed by atoms with E-state index in [0.29, 0.717) is 31.1 Å². The summed E-state index contributed by atoms with van der Waals surface area (Å²) in [7, 11) is -3.98. The molecule has 6 rings (SSSR count). The second-order valence-corrected chi connectivity index (χ2v) is 14.3. The molecule has 4 aromatic carbocycles. The van der Waals surface area contributed by atoms with Gasteiger partial charge in [0.05, 0.1) is 30.3 Å². The topological polar surface area (TPSA) is 96.7 Å². The summed E-state index contributed by atoms with van der Waals surface area (Å²) >= 11 is 7.16. The summed E-state index contributed by atoms with van der Waals surface area (Å²) in [5.74, 6) is 0.821. The van der Waals surface area contributed by atoms with E-state index in [1.165, 1.54) is 6.07 Å². The molecule has 50 heavy (non-hydrogen) atoms. The Kier molecular flexibility index (Phi) is 13.3. The van der Waals surface area contributed by atoms with Crippen molar-refractivity contribution in [2.45, 2.75) is 23.5 Å². The largest absolute Gasteiger partial charge is 1.00 e. The van der Waals surface area contributed by atoms with Gasteiger partial charge in [0.15, 0.2) is 0 Å². The fourth-order valence-corrected chi connectivity index (χ4v) is 7.26. The van der Waals surface area contributed by atoms with Crippen molar-refractivity contribution < 1.29 is 52.2 Å². The first-order valence-electron chi connectivity index (χ1n) is 15.7. The van der Waals surface area contributed by atoms with Crippen molar-refractivity contribution in [1.82, 2.24) is 4.98 Å². The molecule has 0 aliphatic carbocycles. The van der Waals surface area contributed by atoms with E-state index in [-0.39, 0.29) is 40.2 Å². The van der Waals surface area contributed by atoms with Gasteiger partial charge in [0, 0.05) is 16.8 Å². The number of ether oxygens (including phenoxy) is 2. The average Bonchev–Trinajstić information content (AvgIpc) is 3.67. The van der Waals surface area contributed by atoms with E-state index >= 15 is 0 Å². The van der Waals surface area contributed by atoms with Crippen LogP contribution in [-0.4, -0.2) is 32.5 Å². The summed E-state index contributed by atoms with van der Waals surface area (Å²) < 4.78 is 40.3. The molecule has 0 saturated heterocycles. The molecule has 2 aromatic heterocycles. The zero-order chi connectivity index (χ0) is 34.1. The molecule has 0 aliphatic rings. The van der Waals surface area contributed by atoms with E-state index < -0.39 is 15.9 Å². The van der Waals surface area contributed by atoms with Crippen molar-refractivity contribution >= 4 is 61.9 Å². The van der Waals surface area contributed by atoms with Gasteiger partial charge in [-0.25, -0.2) is 13.4 Å². The van der Waals surface area contributed by atoms with E-state index in [0.717, 1.165) is 61.7 Å². The number of carbonyl (C=O) groups is 1. The van der Waals surface area contributed by atoms with Gasteiger partial charge in [0.1, 0.15) is 25.7 Å². The number of aromatic nitrogens is 1. The van der Waals surface area contributed by atoms with Gasteiger partial charge in [-0.3, -0.25) is 0 Å². The van der Waals surface area contributed by atoms with Gasteiger partial charge >= 0.3 is 29.6 Å². The van der Waals surface area contributed by atoms with Gasteiger partial charge in [-0.1, -0.05) is 84.4 Å². The minimum absolute atomic E-state index is 0. The maximum Gasteiger partial charge on any atom is 1.00 e. The molecular weight excluding hydrogens is 699 g/mol. The van der Waals surface area contributed by atoms with Crippen molar-refractivity contribution in [2.75, 3.05) is 13.2 Å². The number of hydrogen-bond donors (Lipinski definition) is 0. The Labute approximate surface area is 323 Å². The number of sulfonamides is 1. The second kappa shape index (κ2) is 17.8. The van der Waals surface area contributed by atoms with Crippen LogP contribution in [-0.2, 0) is 21.2 Å². The van der Waals surface area contributed by atoms with Crippen LogP contribution in [0.3, 0.4) is 0 Å². The molecule has 0 aliphatic heterocycles. The number of nitrogens with zero attached hydrogens (tertiary/aromatic N) is 2. The summed E-state index contributed by atoms with van der Waals surface area (Å²) in [6.45, 7) is 0.959. The first-order valence-corrected chi connectivity index (χ1v) is 18.3. The molecule has 0 unspecified atom stereocenters. The Morgan fingerprint density at radius 3 is 2.38 bits per heavy atom. The summed E-state index contributed by atoms with van der Waals surface area (Å²) in [5.41, 5.74) is 5.50. The SMILES string of the molecule is O=C(CCc1ccccc1-c1cccc(OCCCOc2cccc(/C=C/c3ccc4ccc(Cl)cc4n3)c2)c1)[N-]S(=O)(=O)c1cccs1.[Na+]. The first-order chi connectivity index (χ1) is 23.8. The van der Waals surface area contributed by atoms with Crippen molar-refractivity contribution in [3.05, 3.63) is 147 Å². The fourth-order valence-electron chi connectivity index (χ4n) is 5.18. The number of halogens is 1. The third kappa shape index (κ3) is 10.3. The minimum Gasteiger partial charge on any atom is -0.541 e. The Bertz CT molecular complexity index is 2210. The molecule has 0 radical (unpaired) electrons. The van der Waals surface area contributed by atoms with Gasteiger partial charge in [-0.15, -0.1) is 11.3 Å². The smallest absolute Gasteiger partial charge is 0.541 e. The molecule has 248 valence electrons. The van der Waals surface area contributed by atoms with Crippen LogP contribution in [0, 0.1) is 0 Å². The van der Waals surface area contributed by atoms with Crippen molar-refractivity contribution in [3.63, 3.8) is 0 Å². The van der Waals surface area contributed by atoms with Gasteiger partial charge in [-0.2, -0.15) is 0 Å². The first kappa shape index (κ1) is 37.3. The minimum atomic E-state index is -3.98. The number of fused-ring (bicyclic) bond motifs is 1. The van der Waals surface area contributed by atoms with Crippen LogP contribution in [0.2, 0.25) is 5.02 Å². The number of hydrogen-bond acceptors (Lipinski definition) is 7. The second-order valence-electron chi connectivity index (χ2n) is 11.1. The quantitative estimate of drug-likeness (QED) is 0.0898. The summed E-state index contributed by atoms with van der Waals surface area (Å²) in [6.07, 6.45) is 4.99. The van der Waals surface area contributed by atoms with E-state index in [9.17, 15) is 13.2 Å². The maximum absolute atomic E-state index is 12.5. The average molecular weight is 731 g/mol. The predicted molar refractivity (Wildman–Crippen MR) is 198 cm³/mol. The Morgan fingerprint density at radius 2 is 1.58 bits per heavy atom. The van der Waals surface area contributed by atoms with Gasteiger partial charge in [0.2, 0.25) is 0 Å². The molecule has 0 spiro atoms. The standard InChI is InChI=1S/C39H33ClN2O5S2.Na/c40-32-18-15-30-16-20-33(41-37(30)27-32)19-14-28-7-3-10-34(25-28)46-22-6-23-47-35-11-4-9-31(26-35)36-12-2-1-8-29(36)17-21-38(43)42-49(44,45)39-13-5-24-48-39;/h1-5,7-16,18-20,24-27H,6,17,21-23H2,(H,42,43);/q;+1/p-1/b19-14+;. The molecule has 1 amide bonds. The van der Waals surface area contributed by atoms with Crippen LogP contribution in [0.1, 0.15) is 29.7 Å². The molecule has 0 saturated carbocycles. The number of carbonyl (C=O) groups excluding carboxylic acids is 1. The van der Waals surface area contributed by atoms with Crippen molar-refractivity contribution in [2.24, 2.45) is 0 Å². The Hall–Kier alpha value is -3.96.